The summed E-state index contributed by atoms with van der Waals surface area (Å²) in [5, 5.41) is 6.16. The number of nitrogens with one attached hydrogen (secondary N) is 2. The SMILES string of the molecule is CNCC(=O)N1CCC(C(=O)Nc2ccc(Cl)cn2)CC1. The van der Waals surface area contributed by atoms with Crippen LogP contribution in [0.3, 0.4) is 0 Å². The van der Waals surface area contributed by atoms with Gasteiger partial charge in [-0.15, -0.1) is 0 Å². The highest BCUT2D eigenvalue weighted by atomic mass is 35.5. The maximum absolute atomic E-state index is 12.2. The van der Waals surface area contributed by atoms with E-state index >= 15 is 0 Å². The van der Waals surface area contributed by atoms with Crippen LogP contribution >= 0.6 is 11.6 Å². The van der Waals surface area contributed by atoms with Gasteiger partial charge >= 0.3 is 0 Å². The van der Waals surface area contributed by atoms with Crippen molar-refractivity contribution in [2.45, 2.75) is 12.8 Å². The molecule has 1 saturated heterocycles. The molecule has 2 amide bonds. The molecular weight excluding hydrogens is 292 g/mol. The molecule has 1 aromatic heterocycles. The predicted molar refractivity (Wildman–Crippen MR) is 81.1 cm³/mol. The van der Waals surface area contributed by atoms with Crippen LogP contribution < -0.4 is 10.6 Å². The van der Waals surface area contributed by atoms with Crippen LogP contribution in [0.4, 0.5) is 5.82 Å². The van der Waals surface area contributed by atoms with E-state index < -0.39 is 0 Å². The lowest BCUT2D eigenvalue weighted by molar-refractivity contribution is -0.133. The molecule has 0 spiro atoms. The number of rotatable bonds is 4. The fraction of sp³-hybridized carbons (Fsp3) is 0.500. The molecule has 2 rings (SSSR count). The minimum absolute atomic E-state index is 0.0504. The Morgan fingerprint density at radius 2 is 2.10 bits per heavy atom. The van der Waals surface area contributed by atoms with Gasteiger partial charge in [0.2, 0.25) is 11.8 Å². The van der Waals surface area contributed by atoms with E-state index in [9.17, 15) is 9.59 Å². The van der Waals surface area contributed by atoms with Crippen molar-refractivity contribution in [3.8, 4) is 0 Å². The van der Waals surface area contributed by atoms with Crippen LogP contribution in [0, 0.1) is 5.92 Å². The highest BCUT2D eigenvalue weighted by Gasteiger charge is 2.27. The molecule has 0 aliphatic carbocycles. The van der Waals surface area contributed by atoms with Crippen LogP contribution in [-0.2, 0) is 9.59 Å². The molecule has 0 aromatic carbocycles. The summed E-state index contributed by atoms with van der Waals surface area (Å²) in [4.78, 5) is 29.7. The Bertz CT molecular complexity index is 498. The molecule has 6 nitrogen and oxygen atoms in total. The quantitative estimate of drug-likeness (QED) is 0.874. The summed E-state index contributed by atoms with van der Waals surface area (Å²) in [6, 6.07) is 3.36. The predicted octanol–water partition coefficient (Wildman–Crippen LogP) is 1.13. The molecule has 2 N–H and O–H groups in total. The Morgan fingerprint density at radius 1 is 1.38 bits per heavy atom. The minimum Gasteiger partial charge on any atom is -0.342 e. The molecule has 0 saturated carbocycles. The zero-order valence-corrected chi connectivity index (χ0v) is 12.7. The average molecular weight is 311 g/mol. The maximum atomic E-state index is 12.2. The first-order valence-electron chi connectivity index (χ1n) is 6.95. The third-order valence-corrected chi connectivity index (χ3v) is 3.75. The first-order chi connectivity index (χ1) is 10.1. The van der Waals surface area contributed by atoms with Gasteiger partial charge in [-0.05, 0) is 32.0 Å². The average Bonchev–Trinajstić information content (AvgIpc) is 2.50. The van der Waals surface area contributed by atoms with Crippen LogP contribution in [0.2, 0.25) is 5.02 Å². The number of piperidine rings is 1. The number of hydrogen-bond acceptors (Lipinski definition) is 4. The summed E-state index contributed by atoms with van der Waals surface area (Å²) in [6.07, 6.45) is 2.85. The number of anilines is 1. The first-order valence-corrected chi connectivity index (χ1v) is 7.32. The molecule has 2 heterocycles. The summed E-state index contributed by atoms with van der Waals surface area (Å²) in [5.41, 5.74) is 0. The van der Waals surface area contributed by atoms with Gasteiger partial charge in [0, 0.05) is 25.2 Å². The molecule has 1 aliphatic rings. The fourth-order valence-electron chi connectivity index (χ4n) is 2.33. The van der Waals surface area contributed by atoms with Crippen LogP contribution in [0.1, 0.15) is 12.8 Å². The van der Waals surface area contributed by atoms with E-state index in [0.29, 0.717) is 43.3 Å². The number of pyridine rings is 1. The second-order valence-corrected chi connectivity index (χ2v) is 5.47. The van der Waals surface area contributed by atoms with Crippen molar-refractivity contribution in [2.24, 2.45) is 5.92 Å². The summed E-state index contributed by atoms with van der Waals surface area (Å²) in [6.45, 7) is 1.57. The Hall–Kier alpha value is -1.66. The van der Waals surface area contributed by atoms with E-state index in [2.05, 4.69) is 15.6 Å². The largest absolute Gasteiger partial charge is 0.342 e. The molecule has 0 atom stereocenters. The lowest BCUT2D eigenvalue weighted by atomic mass is 9.96. The third kappa shape index (κ3) is 4.41. The zero-order chi connectivity index (χ0) is 15.2. The number of nitrogens with zero attached hydrogens (tertiary/aromatic N) is 2. The number of hydrogen-bond donors (Lipinski definition) is 2. The van der Waals surface area contributed by atoms with Gasteiger partial charge in [-0.3, -0.25) is 9.59 Å². The smallest absolute Gasteiger partial charge is 0.236 e. The number of halogens is 1. The number of carbonyl (C=O) groups excluding carboxylic acids is 2. The molecular formula is C14H19ClN4O2. The van der Waals surface area contributed by atoms with Gasteiger partial charge < -0.3 is 15.5 Å². The van der Waals surface area contributed by atoms with Crippen molar-refractivity contribution < 1.29 is 9.59 Å². The van der Waals surface area contributed by atoms with E-state index in [4.69, 9.17) is 11.6 Å². The highest BCUT2D eigenvalue weighted by Crippen LogP contribution is 2.19. The third-order valence-electron chi connectivity index (χ3n) is 3.53. The number of likely N-dealkylation sites (N-methyl/N-ethyl adjacent to an activating group) is 1. The fourth-order valence-corrected chi connectivity index (χ4v) is 2.44. The van der Waals surface area contributed by atoms with E-state index in [0.717, 1.165) is 0 Å². The normalized spacial score (nSPS) is 15.8. The Morgan fingerprint density at radius 3 is 2.67 bits per heavy atom. The Labute approximate surface area is 128 Å². The monoisotopic (exact) mass is 310 g/mol. The van der Waals surface area contributed by atoms with Crippen LogP contribution in [0.25, 0.3) is 0 Å². The van der Waals surface area contributed by atoms with E-state index in [-0.39, 0.29) is 17.7 Å². The van der Waals surface area contributed by atoms with Gasteiger partial charge in [0.05, 0.1) is 11.6 Å². The van der Waals surface area contributed by atoms with Crippen molar-refractivity contribution in [1.82, 2.24) is 15.2 Å². The summed E-state index contributed by atoms with van der Waals surface area (Å²) in [7, 11) is 1.75. The molecule has 1 aliphatic heterocycles. The standard InChI is InChI=1S/C14H19ClN4O2/c1-16-9-13(20)19-6-4-10(5-7-19)14(21)18-12-3-2-11(15)8-17-12/h2-3,8,10,16H,4-7,9H2,1H3,(H,17,18,21). The lowest BCUT2D eigenvalue weighted by Crippen LogP contribution is -2.44. The van der Waals surface area contributed by atoms with E-state index in [1.807, 2.05) is 0 Å². The van der Waals surface area contributed by atoms with Gasteiger partial charge in [-0.1, -0.05) is 11.6 Å². The lowest BCUT2D eigenvalue weighted by Gasteiger charge is -2.31. The number of aromatic nitrogens is 1. The molecule has 1 aromatic rings. The van der Waals surface area contributed by atoms with Crippen molar-refractivity contribution >= 4 is 29.2 Å². The zero-order valence-electron chi connectivity index (χ0n) is 11.9. The number of amides is 2. The van der Waals surface area contributed by atoms with Gasteiger partial charge in [0.15, 0.2) is 0 Å². The van der Waals surface area contributed by atoms with Crippen molar-refractivity contribution in [3.05, 3.63) is 23.4 Å². The molecule has 7 heteroatoms. The Balaban J connectivity index is 1.83. The van der Waals surface area contributed by atoms with Gasteiger partial charge in [0.25, 0.3) is 0 Å². The van der Waals surface area contributed by atoms with Gasteiger partial charge in [-0.25, -0.2) is 4.98 Å². The second-order valence-electron chi connectivity index (χ2n) is 5.04. The first kappa shape index (κ1) is 15.7. The van der Waals surface area contributed by atoms with Crippen molar-refractivity contribution in [2.75, 3.05) is 32.0 Å². The van der Waals surface area contributed by atoms with Crippen LogP contribution in [0.5, 0.6) is 0 Å². The molecule has 0 unspecified atom stereocenters. The highest BCUT2D eigenvalue weighted by molar-refractivity contribution is 6.30. The van der Waals surface area contributed by atoms with Crippen molar-refractivity contribution in [3.63, 3.8) is 0 Å². The van der Waals surface area contributed by atoms with Crippen molar-refractivity contribution in [1.29, 1.82) is 0 Å². The number of likely N-dealkylation sites (tertiary alicyclic amines) is 1. The van der Waals surface area contributed by atoms with Crippen LogP contribution in [0.15, 0.2) is 18.3 Å². The molecule has 21 heavy (non-hydrogen) atoms. The second kappa shape index (κ2) is 7.38. The molecule has 1 fully saturated rings. The minimum atomic E-state index is -0.0823. The van der Waals surface area contributed by atoms with Gasteiger partial charge in [0.1, 0.15) is 5.82 Å². The van der Waals surface area contributed by atoms with Gasteiger partial charge in [-0.2, -0.15) is 0 Å². The summed E-state index contributed by atoms with van der Waals surface area (Å²) in [5.74, 6) is 0.445. The summed E-state index contributed by atoms with van der Waals surface area (Å²) < 4.78 is 0. The van der Waals surface area contributed by atoms with E-state index in [1.165, 1.54) is 6.20 Å². The summed E-state index contributed by atoms with van der Waals surface area (Å²) >= 11 is 5.75. The Kier molecular flexibility index (Phi) is 5.52. The maximum Gasteiger partial charge on any atom is 0.236 e. The molecule has 114 valence electrons. The van der Waals surface area contributed by atoms with Crippen LogP contribution in [-0.4, -0.2) is 48.4 Å². The van der Waals surface area contributed by atoms with E-state index in [1.54, 1.807) is 24.1 Å². The molecule has 0 bridgehead atoms. The number of carbonyl (C=O) groups is 2. The molecule has 0 radical (unpaired) electrons. The topological polar surface area (TPSA) is 74.3 Å².